The molecule has 2 amide bonds. The molecule has 0 unspecified atom stereocenters. The van der Waals surface area contributed by atoms with E-state index in [1.54, 1.807) is 0 Å². The average molecular weight is 300 g/mol. The van der Waals surface area contributed by atoms with Crippen molar-refractivity contribution in [2.75, 3.05) is 19.6 Å². The minimum atomic E-state index is 0.122. The van der Waals surface area contributed by atoms with Crippen LogP contribution in [0.25, 0.3) is 0 Å². The molecule has 1 N–H and O–H groups in total. The van der Waals surface area contributed by atoms with E-state index in [1.165, 1.54) is 44.1 Å². The zero-order chi connectivity index (χ0) is 15.4. The Labute approximate surface area is 134 Å². The van der Waals surface area contributed by atoms with Crippen LogP contribution in [0.1, 0.15) is 51.0 Å². The minimum absolute atomic E-state index is 0.122. The van der Waals surface area contributed by atoms with Crippen LogP contribution in [0.5, 0.6) is 0 Å². The Morgan fingerprint density at radius 2 is 1.91 bits per heavy atom. The largest absolute Gasteiger partial charge is 0.337 e. The highest BCUT2D eigenvalue weighted by atomic mass is 16.2. The van der Waals surface area contributed by atoms with Crippen LogP contribution in [-0.2, 0) is 5.41 Å². The molecule has 22 heavy (non-hydrogen) atoms. The first-order valence-corrected chi connectivity index (χ1v) is 8.82. The topological polar surface area (TPSA) is 32.3 Å². The summed E-state index contributed by atoms with van der Waals surface area (Å²) >= 11 is 0. The maximum Gasteiger partial charge on any atom is 0.317 e. The molecule has 3 heteroatoms. The van der Waals surface area contributed by atoms with Crippen molar-refractivity contribution in [1.29, 1.82) is 0 Å². The molecule has 0 saturated heterocycles. The van der Waals surface area contributed by atoms with Crippen molar-refractivity contribution < 1.29 is 4.79 Å². The van der Waals surface area contributed by atoms with Crippen LogP contribution >= 0.6 is 0 Å². The Bertz CT molecular complexity index is 489. The fraction of sp³-hybridized carbons (Fsp3) is 0.632. The zero-order valence-corrected chi connectivity index (χ0v) is 13.7. The van der Waals surface area contributed by atoms with Gasteiger partial charge in [0.05, 0.1) is 0 Å². The van der Waals surface area contributed by atoms with Crippen LogP contribution in [0.15, 0.2) is 30.3 Å². The van der Waals surface area contributed by atoms with Gasteiger partial charge in [0.15, 0.2) is 0 Å². The standard InChI is InChI=1S/C19H28N2O/c1-2-21(14-16-10-11-16)18(22)20-15-19(12-6-7-13-19)17-8-4-3-5-9-17/h3-5,8-9,16H,2,6-7,10-15H2,1H3,(H,20,22). The van der Waals surface area contributed by atoms with Crippen molar-refractivity contribution in [2.45, 2.75) is 50.9 Å². The van der Waals surface area contributed by atoms with Crippen LogP contribution in [-0.4, -0.2) is 30.6 Å². The van der Waals surface area contributed by atoms with Gasteiger partial charge in [-0.3, -0.25) is 0 Å². The molecule has 0 bridgehead atoms. The summed E-state index contributed by atoms with van der Waals surface area (Å²) in [6.45, 7) is 4.59. The van der Waals surface area contributed by atoms with Crippen molar-refractivity contribution in [3.63, 3.8) is 0 Å². The maximum absolute atomic E-state index is 12.5. The van der Waals surface area contributed by atoms with Gasteiger partial charge in [-0.2, -0.15) is 0 Å². The molecule has 3 nitrogen and oxygen atoms in total. The van der Waals surface area contributed by atoms with E-state index in [9.17, 15) is 4.79 Å². The number of urea groups is 1. The minimum Gasteiger partial charge on any atom is -0.337 e. The van der Waals surface area contributed by atoms with Crippen LogP contribution in [0.2, 0.25) is 0 Å². The van der Waals surface area contributed by atoms with Gasteiger partial charge < -0.3 is 10.2 Å². The van der Waals surface area contributed by atoms with Gasteiger partial charge in [-0.05, 0) is 44.1 Å². The number of hydrogen-bond donors (Lipinski definition) is 1. The van der Waals surface area contributed by atoms with E-state index in [-0.39, 0.29) is 11.4 Å². The number of amides is 2. The molecular formula is C19H28N2O. The van der Waals surface area contributed by atoms with E-state index < -0.39 is 0 Å². The molecule has 120 valence electrons. The molecular weight excluding hydrogens is 272 g/mol. The molecule has 0 aliphatic heterocycles. The normalized spacial score (nSPS) is 19.9. The predicted octanol–water partition coefficient (Wildman–Crippen LogP) is 3.94. The van der Waals surface area contributed by atoms with Gasteiger partial charge in [-0.15, -0.1) is 0 Å². The van der Waals surface area contributed by atoms with Crippen molar-refractivity contribution in [3.8, 4) is 0 Å². The lowest BCUT2D eigenvalue weighted by Gasteiger charge is -2.31. The molecule has 0 atom stereocenters. The molecule has 2 fully saturated rings. The third-order valence-corrected chi connectivity index (χ3v) is 5.37. The zero-order valence-electron chi connectivity index (χ0n) is 13.7. The summed E-state index contributed by atoms with van der Waals surface area (Å²) < 4.78 is 0. The van der Waals surface area contributed by atoms with E-state index in [2.05, 4.69) is 42.6 Å². The fourth-order valence-electron chi connectivity index (χ4n) is 3.74. The molecule has 2 aliphatic carbocycles. The van der Waals surface area contributed by atoms with Crippen molar-refractivity contribution >= 4 is 6.03 Å². The Kier molecular flexibility index (Phi) is 4.70. The van der Waals surface area contributed by atoms with E-state index in [0.29, 0.717) is 0 Å². The van der Waals surface area contributed by atoms with Gasteiger partial charge in [0.1, 0.15) is 0 Å². The third kappa shape index (κ3) is 3.45. The Hall–Kier alpha value is -1.51. The molecule has 2 saturated carbocycles. The molecule has 1 aromatic carbocycles. The lowest BCUT2D eigenvalue weighted by Crippen LogP contribution is -2.46. The first-order valence-electron chi connectivity index (χ1n) is 8.82. The highest BCUT2D eigenvalue weighted by Gasteiger charge is 2.36. The molecule has 0 aromatic heterocycles. The van der Waals surface area contributed by atoms with E-state index in [1.807, 2.05) is 4.90 Å². The van der Waals surface area contributed by atoms with Gasteiger partial charge in [-0.25, -0.2) is 4.79 Å². The number of nitrogens with zero attached hydrogens (tertiary/aromatic N) is 1. The summed E-state index contributed by atoms with van der Waals surface area (Å²) in [5, 5.41) is 3.24. The van der Waals surface area contributed by atoms with E-state index in [0.717, 1.165) is 25.6 Å². The van der Waals surface area contributed by atoms with Gasteiger partial charge >= 0.3 is 6.03 Å². The summed E-state index contributed by atoms with van der Waals surface area (Å²) in [6.07, 6.45) is 7.49. The third-order valence-electron chi connectivity index (χ3n) is 5.37. The fourth-order valence-corrected chi connectivity index (χ4v) is 3.74. The van der Waals surface area contributed by atoms with Crippen LogP contribution < -0.4 is 5.32 Å². The number of rotatable bonds is 6. The molecule has 2 aliphatic rings. The second-order valence-corrected chi connectivity index (χ2v) is 6.99. The Balaban J connectivity index is 1.63. The average Bonchev–Trinajstić information content (AvgIpc) is 3.26. The Morgan fingerprint density at radius 3 is 2.50 bits per heavy atom. The quantitative estimate of drug-likeness (QED) is 0.848. The summed E-state index contributed by atoms with van der Waals surface area (Å²) in [5.41, 5.74) is 1.54. The summed E-state index contributed by atoms with van der Waals surface area (Å²) in [4.78, 5) is 14.5. The predicted molar refractivity (Wildman–Crippen MR) is 90.0 cm³/mol. The highest BCUT2D eigenvalue weighted by molar-refractivity contribution is 5.74. The number of nitrogens with one attached hydrogen (secondary N) is 1. The molecule has 0 radical (unpaired) electrons. The smallest absolute Gasteiger partial charge is 0.317 e. The summed E-state index contributed by atoms with van der Waals surface area (Å²) in [7, 11) is 0. The highest BCUT2D eigenvalue weighted by Crippen LogP contribution is 2.40. The first-order chi connectivity index (χ1) is 10.7. The van der Waals surface area contributed by atoms with Gasteiger partial charge in [0.2, 0.25) is 0 Å². The molecule has 3 rings (SSSR count). The number of carbonyl (C=O) groups excluding carboxylic acids is 1. The van der Waals surface area contributed by atoms with Crippen LogP contribution in [0, 0.1) is 5.92 Å². The second kappa shape index (κ2) is 6.72. The first kappa shape index (κ1) is 15.4. The van der Waals surface area contributed by atoms with E-state index >= 15 is 0 Å². The molecule has 1 aromatic rings. The summed E-state index contributed by atoms with van der Waals surface area (Å²) in [6, 6.07) is 10.9. The molecule has 0 spiro atoms. The van der Waals surface area contributed by atoms with Gasteiger partial charge in [-0.1, -0.05) is 43.2 Å². The van der Waals surface area contributed by atoms with Crippen molar-refractivity contribution in [2.24, 2.45) is 5.92 Å². The SMILES string of the molecule is CCN(CC1CC1)C(=O)NCC1(c2ccccc2)CCCC1. The van der Waals surface area contributed by atoms with Crippen molar-refractivity contribution in [3.05, 3.63) is 35.9 Å². The maximum atomic E-state index is 12.5. The monoisotopic (exact) mass is 300 g/mol. The van der Waals surface area contributed by atoms with E-state index in [4.69, 9.17) is 0 Å². The summed E-state index contributed by atoms with van der Waals surface area (Å²) in [5.74, 6) is 0.750. The Morgan fingerprint density at radius 1 is 1.23 bits per heavy atom. The van der Waals surface area contributed by atoms with Gasteiger partial charge in [0, 0.05) is 25.0 Å². The second-order valence-electron chi connectivity index (χ2n) is 6.99. The van der Waals surface area contributed by atoms with Crippen LogP contribution in [0.3, 0.4) is 0 Å². The number of hydrogen-bond acceptors (Lipinski definition) is 1. The van der Waals surface area contributed by atoms with Crippen molar-refractivity contribution in [1.82, 2.24) is 10.2 Å². The lowest BCUT2D eigenvalue weighted by atomic mass is 9.79. The van der Waals surface area contributed by atoms with Crippen LogP contribution in [0.4, 0.5) is 4.79 Å². The molecule has 0 heterocycles. The van der Waals surface area contributed by atoms with Gasteiger partial charge in [0.25, 0.3) is 0 Å². The lowest BCUT2D eigenvalue weighted by molar-refractivity contribution is 0.194. The number of benzene rings is 1. The number of carbonyl (C=O) groups is 1.